The number of hydrogen-bond acceptors (Lipinski definition) is 6. The van der Waals surface area contributed by atoms with Gasteiger partial charge in [-0.2, -0.15) is 0 Å². The molecule has 3 heterocycles. The molecule has 0 aliphatic carbocycles. The Hall–Kier alpha value is -2.87. The van der Waals surface area contributed by atoms with Gasteiger partial charge in [0.05, 0.1) is 18.5 Å². The maximum atomic E-state index is 12.8. The van der Waals surface area contributed by atoms with E-state index in [2.05, 4.69) is 24.1 Å². The highest BCUT2D eigenvalue weighted by Crippen LogP contribution is 2.33. The number of anilines is 1. The number of amides is 1. The molecule has 32 heavy (non-hydrogen) atoms. The molecule has 0 saturated carbocycles. The van der Waals surface area contributed by atoms with Crippen LogP contribution in [0.25, 0.3) is 21.3 Å². The lowest BCUT2D eigenvalue weighted by molar-refractivity contribution is -0.125. The first kappa shape index (κ1) is 22.3. The minimum absolute atomic E-state index is 0.0892. The van der Waals surface area contributed by atoms with Crippen molar-refractivity contribution in [3.63, 3.8) is 0 Å². The largest absolute Gasteiger partial charge is 0.497 e. The van der Waals surface area contributed by atoms with Gasteiger partial charge in [0, 0.05) is 30.6 Å². The number of thiophene rings is 1. The lowest BCUT2D eigenvalue weighted by atomic mass is 9.97. The van der Waals surface area contributed by atoms with Crippen LogP contribution >= 0.6 is 11.3 Å². The molecule has 2 aromatic heterocycles. The summed E-state index contributed by atoms with van der Waals surface area (Å²) in [4.78, 5) is 35.3. The Morgan fingerprint density at radius 2 is 2.25 bits per heavy atom. The molecular formula is C24H30N4O3S. The SMILES string of the molecule is COc1cccc(-c2csc3c(=O)[nH]c(N4CCCC(C(=O)NCCC(C)C)C4)nc23)c1. The number of nitrogens with one attached hydrogen (secondary N) is 2. The van der Waals surface area contributed by atoms with E-state index < -0.39 is 0 Å². The molecule has 1 unspecified atom stereocenters. The number of aromatic nitrogens is 2. The van der Waals surface area contributed by atoms with Crippen molar-refractivity contribution in [2.45, 2.75) is 33.1 Å². The molecule has 1 amide bonds. The van der Waals surface area contributed by atoms with Crippen LogP contribution in [0.4, 0.5) is 5.95 Å². The van der Waals surface area contributed by atoms with Crippen molar-refractivity contribution in [3.05, 3.63) is 40.0 Å². The molecule has 170 valence electrons. The fourth-order valence-electron chi connectivity index (χ4n) is 4.07. The van der Waals surface area contributed by atoms with E-state index in [0.717, 1.165) is 42.7 Å². The van der Waals surface area contributed by atoms with E-state index in [1.807, 2.05) is 34.5 Å². The Morgan fingerprint density at radius 1 is 1.41 bits per heavy atom. The van der Waals surface area contributed by atoms with Crippen molar-refractivity contribution in [3.8, 4) is 16.9 Å². The van der Waals surface area contributed by atoms with Gasteiger partial charge in [-0.1, -0.05) is 26.0 Å². The average molecular weight is 455 g/mol. The lowest BCUT2D eigenvalue weighted by Crippen LogP contribution is -2.44. The Kier molecular flexibility index (Phi) is 6.79. The Bertz CT molecular complexity index is 1150. The second-order valence-corrected chi connectivity index (χ2v) is 9.59. The summed E-state index contributed by atoms with van der Waals surface area (Å²) in [5.41, 5.74) is 2.41. The van der Waals surface area contributed by atoms with Crippen molar-refractivity contribution in [1.29, 1.82) is 0 Å². The van der Waals surface area contributed by atoms with Gasteiger partial charge in [-0.3, -0.25) is 14.6 Å². The van der Waals surface area contributed by atoms with Crippen LogP contribution in [0.15, 0.2) is 34.4 Å². The molecule has 1 aliphatic heterocycles. The molecule has 0 bridgehead atoms. The third kappa shape index (κ3) is 4.80. The van der Waals surface area contributed by atoms with Gasteiger partial charge in [0.2, 0.25) is 11.9 Å². The zero-order valence-corrected chi connectivity index (χ0v) is 19.6. The number of rotatable bonds is 7. The fourth-order valence-corrected chi connectivity index (χ4v) is 4.98. The number of carbonyl (C=O) groups is 1. The van der Waals surface area contributed by atoms with Crippen molar-refractivity contribution in [1.82, 2.24) is 15.3 Å². The van der Waals surface area contributed by atoms with Crippen LogP contribution in [0.5, 0.6) is 5.75 Å². The molecule has 1 aliphatic rings. The van der Waals surface area contributed by atoms with Crippen LogP contribution < -0.4 is 20.5 Å². The number of H-pyrrole nitrogens is 1. The van der Waals surface area contributed by atoms with Gasteiger partial charge in [-0.15, -0.1) is 11.3 Å². The minimum Gasteiger partial charge on any atom is -0.497 e. The van der Waals surface area contributed by atoms with E-state index in [4.69, 9.17) is 9.72 Å². The number of ether oxygens (including phenoxy) is 1. The van der Waals surface area contributed by atoms with E-state index in [9.17, 15) is 9.59 Å². The summed E-state index contributed by atoms with van der Waals surface area (Å²) in [5, 5.41) is 5.03. The maximum absolute atomic E-state index is 12.8. The Balaban J connectivity index is 1.59. The molecule has 0 radical (unpaired) electrons. The summed E-state index contributed by atoms with van der Waals surface area (Å²) < 4.78 is 5.95. The predicted molar refractivity (Wildman–Crippen MR) is 130 cm³/mol. The highest BCUT2D eigenvalue weighted by molar-refractivity contribution is 7.17. The standard InChI is InChI=1S/C24H30N4O3S/c1-15(2)9-10-25-22(29)17-7-5-11-28(13-17)24-26-20-19(14-32-21(20)23(30)27-24)16-6-4-8-18(12-16)31-3/h4,6,8,12,14-15,17H,5,7,9-11,13H2,1-3H3,(H,25,29)(H,26,27,30). The lowest BCUT2D eigenvalue weighted by Gasteiger charge is -2.32. The summed E-state index contributed by atoms with van der Waals surface area (Å²) in [7, 11) is 1.64. The fraction of sp³-hybridized carbons (Fsp3) is 0.458. The van der Waals surface area contributed by atoms with Gasteiger partial charge in [0.15, 0.2) is 0 Å². The molecule has 1 saturated heterocycles. The summed E-state index contributed by atoms with van der Waals surface area (Å²) >= 11 is 1.39. The van der Waals surface area contributed by atoms with Gasteiger partial charge in [0.25, 0.3) is 5.56 Å². The average Bonchev–Trinajstić information content (AvgIpc) is 3.23. The Morgan fingerprint density at radius 3 is 3.03 bits per heavy atom. The number of fused-ring (bicyclic) bond motifs is 1. The van der Waals surface area contributed by atoms with Crippen LogP contribution in [0.2, 0.25) is 0 Å². The molecule has 3 aromatic rings. The van der Waals surface area contributed by atoms with E-state index >= 15 is 0 Å². The first-order chi connectivity index (χ1) is 15.5. The van der Waals surface area contributed by atoms with Crippen LogP contribution in [-0.2, 0) is 4.79 Å². The maximum Gasteiger partial charge on any atom is 0.270 e. The molecule has 7 nitrogen and oxygen atoms in total. The number of nitrogens with zero attached hydrogens (tertiary/aromatic N) is 2. The summed E-state index contributed by atoms with van der Waals surface area (Å²) in [6.07, 6.45) is 2.71. The first-order valence-electron chi connectivity index (χ1n) is 11.1. The number of benzene rings is 1. The number of aromatic amines is 1. The van der Waals surface area contributed by atoms with Gasteiger partial charge in [0.1, 0.15) is 10.4 Å². The van der Waals surface area contributed by atoms with E-state index in [0.29, 0.717) is 35.2 Å². The van der Waals surface area contributed by atoms with Crippen LogP contribution in [0.3, 0.4) is 0 Å². The predicted octanol–water partition coefficient (Wildman–Crippen LogP) is 4.04. The summed E-state index contributed by atoms with van der Waals surface area (Å²) in [6, 6.07) is 7.76. The molecular weight excluding hydrogens is 424 g/mol. The number of piperidine rings is 1. The van der Waals surface area contributed by atoms with Crippen molar-refractivity contribution in [2.75, 3.05) is 31.6 Å². The van der Waals surface area contributed by atoms with Crippen LogP contribution in [0.1, 0.15) is 33.1 Å². The highest BCUT2D eigenvalue weighted by Gasteiger charge is 2.27. The van der Waals surface area contributed by atoms with E-state index in [1.54, 1.807) is 7.11 Å². The smallest absolute Gasteiger partial charge is 0.270 e. The molecule has 0 spiro atoms. The number of carbonyl (C=O) groups excluding carboxylic acids is 1. The number of methoxy groups -OCH3 is 1. The highest BCUT2D eigenvalue weighted by atomic mass is 32.1. The van der Waals surface area contributed by atoms with E-state index in [-0.39, 0.29) is 17.4 Å². The Labute approximate surface area is 191 Å². The topological polar surface area (TPSA) is 87.3 Å². The summed E-state index contributed by atoms with van der Waals surface area (Å²) in [6.45, 7) is 6.32. The van der Waals surface area contributed by atoms with Crippen LogP contribution in [0, 0.1) is 11.8 Å². The molecule has 4 rings (SSSR count). The van der Waals surface area contributed by atoms with Crippen molar-refractivity contribution < 1.29 is 9.53 Å². The summed E-state index contributed by atoms with van der Waals surface area (Å²) in [5.74, 6) is 1.84. The van der Waals surface area contributed by atoms with Crippen LogP contribution in [-0.4, -0.2) is 42.6 Å². The molecule has 8 heteroatoms. The van der Waals surface area contributed by atoms with E-state index in [1.165, 1.54) is 11.3 Å². The van der Waals surface area contributed by atoms with Crippen molar-refractivity contribution in [2.24, 2.45) is 11.8 Å². The minimum atomic E-state index is -0.146. The molecule has 2 N–H and O–H groups in total. The third-order valence-electron chi connectivity index (χ3n) is 5.91. The van der Waals surface area contributed by atoms with Gasteiger partial charge in [-0.05, 0) is 42.9 Å². The number of hydrogen-bond donors (Lipinski definition) is 2. The third-order valence-corrected chi connectivity index (χ3v) is 6.88. The van der Waals surface area contributed by atoms with Gasteiger partial charge >= 0.3 is 0 Å². The second-order valence-electron chi connectivity index (χ2n) is 8.71. The first-order valence-corrected chi connectivity index (χ1v) is 12.0. The van der Waals surface area contributed by atoms with Gasteiger partial charge in [-0.25, -0.2) is 4.98 Å². The second kappa shape index (κ2) is 9.73. The molecule has 1 fully saturated rings. The van der Waals surface area contributed by atoms with Gasteiger partial charge < -0.3 is 15.0 Å². The molecule has 1 aromatic carbocycles. The zero-order chi connectivity index (χ0) is 22.7. The monoisotopic (exact) mass is 454 g/mol. The quantitative estimate of drug-likeness (QED) is 0.563. The van der Waals surface area contributed by atoms with Crippen molar-refractivity contribution >= 4 is 33.4 Å². The normalized spacial score (nSPS) is 16.5. The molecule has 1 atom stereocenters. The zero-order valence-electron chi connectivity index (χ0n) is 18.8.